The van der Waals surface area contributed by atoms with E-state index in [9.17, 15) is 0 Å². The minimum absolute atomic E-state index is 0.137. The molecule has 118 valence electrons. The van der Waals surface area contributed by atoms with Gasteiger partial charge in [-0.3, -0.25) is 4.90 Å². The lowest BCUT2D eigenvalue weighted by molar-refractivity contribution is 0.244. The number of benzene rings is 1. The van der Waals surface area contributed by atoms with Crippen molar-refractivity contribution in [2.45, 2.75) is 45.8 Å². The van der Waals surface area contributed by atoms with Crippen LogP contribution in [0.15, 0.2) is 18.2 Å². The van der Waals surface area contributed by atoms with Gasteiger partial charge in [-0.05, 0) is 51.9 Å². The maximum absolute atomic E-state index is 5.99. The second-order valence-corrected chi connectivity index (χ2v) is 6.19. The van der Waals surface area contributed by atoms with Crippen LogP contribution in [0.2, 0.25) is 0 Å². The summed E-state index contributed by atoms with van der Waals surface area (Å²) < 4.78 is 5.79. The van der Waals surface area contributed by atoms with Gasteiger partial charge in [0.25, 0.3) is 0 Å². The highest BCUT2D eigenvalue weighted by molar-refractivity contribution is 5.62. The van der Waals surface area contributed by atoms with E-state index in [1.165, 1.54) is 25.1 Å². The lowest BCUT2D eigenvalue weighted by Gasteiger charge is -2.29. The zero-order valence-corrected chi connectivity index (χ0v) is 13.8. The molecule has 1 fully saturated rings. The Bertz CT molecular complexity index is 461. The van der Waals surface area contributed by atoms with E-state index in [1.54, 1.807) is 0 Å². The highest BCUT2D eigenvalue weighted by Crippen LogP contribution is 2.29. The Kier molecular flexibility index (Phi) is 5.34. The maximum atomic E-state index is 5.99. The molecule has 0 spiro atoms. The van der Waals surface area contributed by atoms with Crippen LogP contribution in [-0.4, -0.2) is 43.7 Å². The van der Waals surface area contributed by atoms with Gasteiger partial charge in [0.15, 0.2) is 0 Å². The molecule has 1 saturated heterocycles. The van der Waals surface area contributed by atoms with E-state index in [0.717, 1.165) is 18.8 Å². The first kappa shape index (κ1) is 16.0. The Morgan fingerprint density at radius 3 is 2.86 bits per heavy atom. The zero-order chi connectivity index (χ0) is 15.4. The second-order valence-electron chi connectivity index (χ2n) is 6.19. The number of nitrogens with two attached hydrogens (primary N) is 1. The number of likely N-dealkylation sites (N-methyl/N-ethyl adjacent to an activating group) is 2. The number of rotatable bonds is 6. The van der Waals surface area contributed by atoms with Crippen LogP contribution in [0.1, 0.15) is 33.6 Å². The fourth-order valence-corrected chi connectivity index (χ4v) is 3.06. The first-order valence-corrected chi connectivity index (χ1v) is 8.02. The number of hydrogen-bond acceptors (Lipinski definition) is 4. The molecule has 0 aromatic heterocycles. The molecule has 1 unspecified atom stereocenters. The fraction of sp³-hybridized carbons (Fsp3) is 0.647. The van der Waals surface area contributed by atoms with Gasteiger partial charge in [-0.25, -0.2) is 0 Å². The van der Waals surface area contributed by atoms with Gasteiger partial charge >= 0.3 is 0 Å². The normalized spacial score (nSPS) is 19.2. The molecule has 1 aliphatic rings. The number of nitrogen functional groups attached to an aromatic ring is 1. The molecular weight excluding hydrogens is 262 g/mol. The third kappa shape index (κ3) is 4.03. The molecule has 1 aromatic rings. The van der Waals surface area contributed by atoms with Gasteiger partial charge < -0.3 is 15.4 Å². The van der Waals surface area contributed by atoms with Crippen LogP contribution in [0, 0.1) is 0 Å². The largest absolute Gasteiger partial charge is 0.489 e. The third-order valence-electron chi connectivity index (χ3n) is 4.19. The van der Waals surface area contributed by atoms with Gasteiger partial charge in [0, 0.05) is 31.4 Å². The molecule has 1 heterocycles. The van der Waals surface area contributed by atoms with Gasteiger partial charge in [0.1, 0.15) is 5.75 Å². The van der Waals surface area contributed by atoms with E-state index in [4.69, 9.17) is 10.5 Å². The summed E-state index contributed by atoms with van der Waals surface area (Å²) >= 11 is 0. The van der Waals surface area contributed by atoms with Crippen LogP contribution in [0.25, 0.3) is 0 Å². The second kappa shape index (κ2) is 7.03. The highest BCUT2D eigenvalue weighted by Gasteiger charge is 2.24. The summed E-state index contributed by atoms with van der Waals surface area (Å²) in [6.45, 7) is 9.72. The van der Waals surface area contributed by atoms with Gasteiger partial charge in [0.05, 0.1) is 11.8 Å². The smallest absolute Gasteiger partial charge is 0.144 e. The lowest BCUT2D eigenvalue weighted by atomic mass is 10.2. The third-order valence-corrected chi connectivity index (χ3v) is 4.19. The molecule has 0 bridgehead atoms. The minimum atomic E-state index is 0.137. The van der Waals surface area contributed by atoms with E-state index in [0.29, 0.717) is 11.7 Å². The molecular formula is C17H29N3O. The van der Waals surface area contributed by atoms with Crippen molar-refractivity contribution >= 4 is 11.4 Å². The van der Waals surface area contributed by atoms with Crippen molar-refractivity contribution in [3.63, 3.8) is 0 Å². The molecule has 0 amide bonds. The molecule has 0 aliphatic carbocycles. The molecule has 2 N–H and O–H groups in total. The zero-order valence-electron chi connectivity index (χ0n) is 13.8. The molecule has 21 heavy (non-hydrogen) atoms. The van der Waals surface area contributed by atoms with Crippen LogP contribution in [-0.2, 0) is 0 Å². The number of ether oxygens (including phenoxy) is 1. The average molecular weight is 291 g/mol. The van der Waals surface area contributed by atoms with E-state index >= 15 is 0 Å². The van der Waals surface area contributed by atoms with Crippen molar-refractivity contribution in [2.24, 2.45) is 0 Å². The van der Waals surface area contributed by atoms with E-state index in [2.05, 4.69) is 35.9 Å². The van der Waals surface area contributed by atoms with Crippen molar-refractivity contribution in [1.29, 1.82) is 0 Å². The van der Waals surface area contributed by atoms with Crippen molar-refractivity contribution in [3.8, 4) is 5.75 Å². The van der Waals surface area contributed by atoms with Crippen LogP contribution in [0.3, 0.4) is 0 Å². The van der Waals surface area contributed by atoms with Crippen molar-refractivity contribution in [2.75, 3.05) is 37.3 Å². The molecule has 2 rings (SSSR count). The molecule has 1 atom stereocenters. The Labute approximate surface area is 128 Å². The van der Waals surface area contributed by atoms with Gasteiger partial charge in [-0.2, -0.15) is 0 Å². The first-order valence-electron chi connectivity index (χ1n) is 8.02. The van der Waals surface area contributed by atoms with E-state index in [1.807, 2.05) is 19.9 Å². The van der Waals surface area contributed by atoms with Crippen molar-refractivity contribution in [3.05, 3.63) is 18.2 Å². The van der Waals surface area contributed by atoms with Crippen molar-refractivity contribution in [1.82, 2.24) is 4.90 Å². The summed E-state index contributed by atoms with van der Waals surface area (Å²) in [6, 6.07) is 6.73. The quantitative estimate of drug-likeness (QED) is 0.818. The summed E-state index contributed by atoms with van der Waals surface area (Å²) in [5, 5.41) is 0. The minimum Gasteiger partial charge on any atom is -0.489 e. The summed E-state index contributed by atoms with van der Waals surface area (Å²) in [7, 11) is 2.15. The average Bonchev–Trinajstić information content (AvgIpc) is 2.87. The highest BCUT2D eigenvalue weighted by atomic mass is 16.5. The summed E-state index contributed by atoms with van der Waals surface area (Å²) in [6.07, 6.45) is 2.75. The maximum Gasteiger partial charge on any atom is 0.144 e. The van der Waals surface area contributed by atoms with E-state index in [-0.39, 0.29) is 6.10 Å². The summed E-state index contributed by atoms with van der Waals surface area (Å²) in [5.41, 5.74) is 7.87. The Balaban J connectivity index is 2.06. The molecule has 0 radical (unpaired) electrons. The Morgan fingerprint density at radius 1 is 1.43 bits per heavy atom. The van der Waals surface area contributed by atoms with Gasteiger partial charge in [-0.1, -0.05) is 6.92 Å². The SMILES string of the molecule is CCN1CCCC1CN(C)c1ccc(N)c(OC(C)C)c1. The van der Waals surface area contributed by atoms with Crippen molar-refractivity contribution < 1.29 is 4.74 Å². The predicted octanol–water partition coefficient (Wildman–Crippen LogP) is 2.98. The Morgan fingerprint density at radius 2 is 2.19 bits per heavy atom. The van der Waals surface area contributed by atoms with Gasteiger partial charge in [-0.15, -0.1) is 0 Å². The number of likely N-dealkylation sites (tertiary alicyclic amines) is 1. The number of hydrogen-bond donors (Lipinski definition) is 1. The summed E-state index contributed by atoms with van der Waals surface area (Å²) in [5.74, 6) is 0.785. The molecule has 1 aromatic carbocycles. The monoisotopic (exact) mass is 291 g/mol. The topological polar surface area (TPSA) is 41.7 Å². The molecule has 4 nitrogen and oxygen atoms in total. The molecule has 4 heteroatoms. The van der Waals surface area contributed by atoms with Gasteiger partial charge in [0.2, 0.25) is 0 Å². The number of nitrogens with zero attached hydrogens (tertiary/aromatic N) is 2. The summed E-state index contributed by atoms with van der Waals surface area (Å²) in [4.78, 5) is 4.88. The van der Waals surface area contributed by atoms with E-state index < -0.39 is 0 Å². The molecule has 1 aliphatic heterocycles. The van der Waals surface area contributed by atoms with Crippen LogP contribution >= 0.6 is 0 Å². The van der Waals surface area contributed by atoms with Crippen LogP contribution < -0.4 is 15.4 Å². The standard InChI is InChI=1S/C17H29N3O/c1-5-20-10-6-7-15(20)12-19(4)14-8-9-16(18)17(11-14)21-13(2)3/h8-9,11,13,15H,5-7,10,12,18H2,1-4H3. The van der Waals surface area contributed by atoms with Crippen LogP contribution in [0.5, 0.6) is 5.75 Å². The molecule has 0 saturated carbocycles. The Hall–Kier alpha value is -1.42. The number of anilines is 2. The first-order chi connectivity index (χ1) is 10.0. The lowest BCUT2D eigenvalue weighted by Crippen LogP contribution is -2.38. The van der Waals surface area contributed by atoms with Crippen LogP contribution in [0.4, 0.5) is 11.4 Å². The predicted molar refractivity (Wildman–Crippen MR) is 90.2 cm³/mol. The fourth-order valence-electron chi connectivity index (χ4n) is 3.06.